The average Bonchev–Trinajstić information content (AvgIpc) is 2.74. The lowest BCUT2D eigenvalue weighted by Crippen LogP contribution is -2.20. The highest BCUT2D eigenvalue weighted by Gasteiger charge is 2.22. The van der Waals surface area contributed by atoms with Gasteiger partial charge < -0.3 is 15.0 Å². The summed E-state index contributed by atoms with van der Waals surface area (Å²) < 4.78 is 43.9. The minimum Gasteiger partial charge on any atom is -0.497 e. The van der Waals surface area contributed by atoms with Gasteiger partial charge in [-0.15, -0.1) is 0 Å². The first-order chi connectivity index (χ1) is 14.3. The highest BCUT2D eigenvalue weighted by atomic mass is 32.2. The summed E-state index contributed by atoms with van der Waals surface area (Å²) in [6.45, 7) is 0. The van der Waals surface area contributed by atoms with Crippen molar-refractivity contribution >= 4 is 33.2 Å². The lowest BCUT2D eigenvalue weighted by atomic mass is 10.3. The number of ether oxygens (including phenoxy) is 1. The number of halogens is 1. The Morgan fingerprint density at radius 2 is 1.90 bits per heavy atom. The third-order valence-corrected chi connectivity index (χ3v) is 6.54. The number of para-hydroxylation sites is 1. The number of thioether (sulfide) groups is 1. The molecule has 0 atom stereocenters. The SMILES string of the molecule is COc1ccc(S(=O)(=O)c2cnc(SCC(=O)Nc3ccccc3F)[nH]c2=O)cc1. The van der Waals surface area contributed by atoms with Crippen molar-refractivity contribution in [2.24, 2.45) is 0 Å². The van der Waals surface area contributed by atoms with Crippen LogP contribution in [-0.4, -0.2) is 37.2 Å². The number of benzene rings is 2. The standard InChI is InChI=1S/C19H16FN3O5S2/c1-28-12-6-8-13(9-7-12)30(26,27)16-10-21-19(23-18(16)25)29-11-17(24)22-15-5-3-2-4-14(15)20/h2-10H,11H2,1H3,(H,22,24)(H,21,23,25). The first-order valence-electron chi connectivity index (χ1n) is 8.47. The van der Waals surface area contributed by atoms with Gasteiger partial charge >= 0.3 is 0 Å². The second-order valence-electron chi connectivity index (χ2n) is 5.88. The maximum atomic E-state index is 13.6. The zero-order chi connectivity index (χ0) is 21.7. The van der Waals surface area contributed by atoms with Gasteiger partial charge in [0.15, 0.2) is 10.1 Å². The minimum atomic E-state index is -4.08. The van der Waals surface area contributed by atoms with Gasteiger partial charge in [0.25, 0.3) is 5.56 Å². The molecule has 0 radical (unpaired) electrons. The molecule has 0 aliphatic heterocycles. The first-order valence-corrected chi connectivity index (χ1v) is 10.9. The molecule has 2 aromatic carbocycles. The summed E-state index contributed by atoms with van der Waals surface area (Å²) in [6, 6.07) is 11.3. The molecule has 0 bridgehead atoms. The van der Waals surface area contributed by atoms with E-state index in [1.807, 2.05) is 0 Å². The highest BCUT2D eigenvalue weighted by molar-refractivity contribution is 7.99. The molecule has 0 spiro atoms. The molecule has 2 N–H and O–H groups in total. The number of rotatable bonds is 7. The Morgan fingerprint density at radius 3 is 2.53 bits per heavy atom. The van der Waals surface area contributed by atoms with Crippen LogP contribution in [0.3, 0.4) is 0 Å². The minimum absolute atomic E-state index is 0.0329. The monoisotopic (exact) mass is 449 g/mol. The van der Waals surface area contributed by atoms with E-state index < -0.39 is 32.0 Å². The first kappa shape index (κ1) is 21.5. The Hall–Kier alpha value is -3.18. The van der Waals surface area contributed by atoms with E-state index in [1.165, 1.54) is 49.6 Å². The molecule has 1 amide bonds. The van der Waals surface area contributed by atoms with Crippen LogP contribution in [0.15, 0.2) is 74.5 Å². The van der Waals surface area contributed by atoms with Crippen LogP contribution >= 0.6 is 11.8 Å². The molecule has 0 fully saturated rings. The van der Waals surface area contributed by atoms with Gasteiger partial charge in [-0.25, -0.2) is 17.8 Å². The molecule has 0 aliphatic carbocycles. The second-order valence-corrected chi connectivity index (χ2v) is 8.76. The second kappa shape index (κ2) is 9.09. The largest absolute Gasteiger partial charge is 0.497 e. The number of anilines is 1. The summed E-state index contributed by atoms with van der Waals surface area (Å²) in [5.41, 5.74) is -0.830. The van der Waals surface area contributed by atoms with Gasteiger partial charge in [-0.05, 0) is 36.4 Å². The fourth-order valence-electron chi connectivity index (χ4n) is 2.40. The Bertz CT molecular complexity index is 1230. The van der Waals surface area contributed by atoms with E-state index in [0.717, 1.165) is 18.0 Å². The van der Waals surface area contributed by atoms with Gasteiger partial charge in [0.2, 0.25) is 15.7 Å². The molecule has 0 aliphatic rings. The molecule has 3 aromatic rings. The number of methoxy groups -OCH3 is 1. The van der Waals surface area contributed by atoms with Gasteiger partial charge in [-0.1, -0.05) is 23.9 Å². The molecule has 3 rings (SSSR count). The molecule has 0 unspecified atom stereocenters. The number of hydrogen-bond acceptors (Lipinski definition) is 7. The van der Waals surface area contributed by atoms with Crippen molar-refractivity contribution in [3.8, 4) is 5.75 Å². The zero-order valence-corrected chi connectivity index (χ0v) is 17.2. The van der Waals surface area contributed by atoms with Crippen molar-refractivity contribution in [2.75, 3.05) is 18.2 Å². The Labute approximate surface area is 175 Å². The normalized spacial score (nSPS) is 11.1. The maximum Gasteiger partial charge on any atom is 0.270 e. The highest BCUT2D eigenvalue weighted by Crippen LogP contribution is 2.21. The van der Waals surface area contributed by atoms with Crippen LogP contribution in [0.5, 0.6) is 5.75 Å². The molecule has 8 nitrogen and oxygen atoms in total. The fourth-order valence-corrected chi connectivity index (χ4v) is 4.26. The molecule has 11 heteroatoms. The Morgan fingerprint density at radius 1 is 1.20 bits per heavy atom. The van der Waals surface area contributed by atoms with Crippen LogP contribution in [0.1, 0.15) is 0 Å². The number of hydrogen-bond donors (Lipinski definition) is 2. The number of amides is 1. The van der Waals surface area contributed by atoms with Gasteiger partial charge in [-0.2, -0.15) is 0 Å². The number of aromatic amines is 1. The number of nitrogens with zero attached hydrogens (tertiary/aromatic N) is 1. The lowest BCUT2D eigenvalue weighted by molar-refractivity contribution is -0.113. The van der Waals surface area contributed by atoms with Gasteiger partial charge in [0.1, 0.15) is 11.6 Å². The molecule has 1 heterocycles. The molecule has 156 valence electrons. The van der Waals surface area contributed by atoms with Crippen LogP contribution in [0.2, 0.25) is 0 Å². The number of H-pyrrole nitrogens is 1. The summed E-state index contributed by atoms with van der Waals surface area (Å²) >= 11 is 0.875. The maximum absolute atomic E-state index is 13.6. The fraction of sp³-hybridized carbons (Fsp3) is 0.105. The molecule has 0 saturated heterocycles. The smallest absolute Gasteiger partial charge is 0.270 e. The van der Waals surface area contributed by atoms with Crippen molar-refractivity contribution in [3.05, 3.63) is 70.9 Å². The van der Waals surface area contributed by atoms with Crippen LogP contribution < -0.4 is 15.6 Å². The van der Waals surface area contributed by atoms with Crippen LogP contribution in [0.4, 0.5) is 10.1 Å². The topological polar surface area (TPSA) is 118 Å². The number of sulfone groups is 1. The van der Waals surface area contributed by atoms with E-state index in [4.69, 9.17) is 4.74 Å². The summed E-state index contributed by atoms with van der Waals surface area (Å²) in [4.78, 5) is 29.9. The Balaban J connectivity index is 1.71. The van der Waals surface area contributed by atoms with E-state index in [0.29, 0.717) is 5.75 Å². The summed E-state index contributed by atoms with van der Waals surface area (Å²) in [5.74, 6) is -0.776. The van der Waals surface area contributed by atoms with E-state index in [2.05, 4.69) is 15.3 Å². The van der Waals surface area contributed by atoms with Crippen molar-refractivity contribution in [1.29, 1.82) is 0 Å². The van der Waals surface area contributed by atoms with E-state index in [9.17, 15) is 22.4 Å². The zero-order valence-electron chi connectivity index (χ0n) is 15.6. The van der Waals surface area contributed by atoms with Gasteiger partial charge in [0.05, 0.1) is 29.6 Å². The van der Waals surface area contributed by atoms with Crippen molar-refractivity contribution < 1.29 is 22.3 Å². The molecular formula is C19H16FN3O5S2. The van der Waals surface area contributed by atoms with Crippen molar-refractivity contribution in [2.45, 2.75) is 14.9 Å². The van der Waals surface area contributed by atoms with Crippen LogP contribution in [-0.2, 0) is 14.6 Å². The van der Waals surface area contributed by atoms with E-state index in [1.54, 1.807) is 6.07 Å². The summed E-state index contributed by atoms with van der Waals surface area (Å²) in [5, 5.41) is 2.45. The molecule has 30 heavy (non-hydrogen) atoms. The van der Waals surface area contributed by atoms with Crippen LogP contribution in [0, 0.1) is 5.82 Å². The third kappa shape index (κ3) is 4.86. The molecule has 1 aromatic heterocycles. The van der Waals surface area contributed by atoms with Gasteiger partial charge in [0, 0.05) is 0 Å². The number of carbonyl (C=O) groups excluding carboxylic acids is 1. The molecular weight excluding hydrogens is 433 g/mol. The Kier molecular flexibility index (Phi) is 6.53. The lowest BCUT2D eigenvalue weighted by Gasteiger charge is -2.07. The van der Waals surface area contributed by atoms with E-state index >= 15 is 0 Å². The number of nitrogens with one attached hydrogen (secondary N) is 2. The van der Waals surface area contributed by atoms with Crippen molar-refractivity contribution in [3.63, 3.8) is 0 Å². The predicted octanol–water partition coefficient (Wildman–Crippen LogP) is 2.48. The molecule has 0 saturated carbocycles. The van der Waals surface area contributed by atoms with Gasteiger partial charge in [-0.3, -0.25) is 9.59 Å². The predicted molar refractivity (Wildman–Crippen MR) is 109 cm³/mol. The summed E-state index contributed by atoms with van der Waals surface area (Å²) in [6.07, 6.45) is 0.940. The quantitative estimate of drug-likeness (QED) is 0.420. The number of aromatic nitrogens is 2. The van der Waals surface area contributed by atoms with Crippen molar-refractivity contribution in [1.82, 2.24) is 9.97 Å². The summed E-state index contributed by atoms with van der Waals surface area (Å²) in [7, 11) is -2.63. The van der Waals surface area contributed by atoms with E-state index in [-0.39, 0.29) is 21.5 Å². The third-order valence-electron chi connectivity index (χ3n) is 3.89. The number of carbonyl (C=O) groups is 1. The average molecular weight is 449 g/mol. The van der Waals surface area contributed by atoms with Crippen LogP contribution in [0.25, 0.3) is 0 Å².